The first-order valence-corrected chi connectivity index (χ1v) is 12.5. The molecule has 32 heavy (non-hydrogen) atoms. The summed E-state index contributed by atoms with van der Waals surface area (Å²) in [6.45, 7) is 0.813. The van der Waals surface area contributed by atoms with Gasteiger partial charge in [-0.15, -0.1) is 10.2 Å². The van der Waals surface area contributed by atoms with Crippen molar-refractivity contribution in [2.24, 2.45) is 0 Å². The van der Waals surface area contributed by atoms with Crippen LogP contribution < -0.4 is 4.72 Å². The standard InChI is InChI=1S/C22H19Cl2N5O2S/c23-17-8-7-14(13-16(17)22-27-26-20-6-2-1-3-12-29(20)22)28-32(30,31)19-10-9-18(24)21-15(19)5-4-11-25-21/h4-5,7-11,13,28H,1-3,6,12H2. The lowest BCUT2D eigenvalue weighted by Gasteiger charge is -2.13. The molecule has 2 aromatic carbocycles. The molecule has 0 aliphatic carbocycles. The maximum absolute atomic E-state index is 13.2. The molecule has 0 spiro atoms. The third-order valence-electron chi connectivity index (χ3n) is 5.54. The highest BCUT2D eigenvalue weighted by Gasteiger charge is 2.22. The molecular weight excluding hydrogens is 469 g/mol. The normalized spacial score (nSPS) is 14.2. The van der Waals surface area contributed by atoms with Crippen molar-refractivity contribution in [1.29, 1.82) is 0 Å². The number of benzene rings is 2. The molecule has 4 aromatic rings. The van der Waals surface area contributed by atoms with Crippen LogP contribution in [0.3, 0.4) is 0 Å². The van der Waals surface area contributed by atoms with Gasteiger partial charge >= 0.3 is 0 Å². The second kappa shape index (κ2) is 8.35. The molecule has 0 fully saturated rings. The third kappa shape index (κ3) is 3.83. The van der Waals surface area contributed by atoms with Gasteiger partial charge in [0, 0.05) is 35.8 Å². The number of aromatic nitrogens is 4. The van der Waals surface area contributed by atoms with Crippen LogP contribution in [0.1, 0.15) is 25.1 Å². The quantitative estimate of drug-likeness (QED) is 0.420. The average molecular weight is 488 g/mol. The fourth-order valence-corrected chi connectivity index (χ4v) is 5.67. The molecule has 0 saturated heterocycles. The predicted octanol–water partition coefficient (Wildman–Crippen LogP) is 5.33. The van der Waals surface area contributed by atoms with E-state index in [4.69, 9.17) is 23.2 Å². The predicted molar refractivity (Wildman–Crippen MR) is 126 cm³/mol. The molecular formula is C22H19Cl2N5O2S. The van der Waals surface area contributed by atoms with E-state index in [0.29, 0.717) is 38.0 Å². The Hall–Kier alpha value is -2.68. The van der Waals surface area contributed by atoms with Crippen molar-refractivity contribution in [2.75, 3.05) is 4.72 Å². The number of nitrogens with zero attached hydrogens (tertiary/aromatic N) is 4. The fraction of sp³-hybridized carbons (Fsp3) is 0.227. The van der Waals surface area contributed by atoms with E-state index in [1.54, 1.807) is 36.5 Å². The highest BCUT2D eigenvalue weighted by Crippen LogP contribution is 2.33. The van der Waals surface area contributed by atoms with Gasteiger partial charge in [-0.3, -0.25) is 9.71 Å². The number of rotatable bonds is 4. The Bertz CT molecular complexity index is 1440. The van der Waals surface area contributed by atoms with Crippen molar-refractivity contribution in [3.8, 4) is 11.4 Å². The van der Waals surface area contributed by atoms with Crippen molar-refractivity contribution in [1.82, 2.24) is 19.7 Å². The molecule has 164 valence electrons. The van der Waals surface area contributed by atoms with Gasteiger partial charge in [0.05, 0.1) is 20.5 Å². The van der Waals surface area contributed by atoms with Gasteiger partial charge in [-0.2, -0.15) is 0 Å². The van der Waals surface area contributed by atoms with Crippen LogP contribution in [0.25, 0.3) is 22.3 Å². The number of fused-ring (bicyclic) bond motifs is 2. The third-order valence-corrected chi connectivity index (χ3v) is 7.61. The highest BCUT2D eigenvalue weighted by atomic mass is 35.5. The van der Waals surface area contributed by atoms with Gasteiger partial charge in [-0.25, -0.2) is 8.42 Å². The first-order chi connectivity index (χ1) is 15.4. The van der Waals surface area contributed by atoms with Crippen molar-refractivity contribution < 1.29 is 8.42 Å². The van der Waals surface area contributed by atoms with Crippen molar-refractivity contribution in [3.05, 3.63) is 64.5 Å². The molecule has 7 nitrogen and oxygen atoms in total. The molecule has 0 bridgehead atoms. The van der Waals surface area contributed by atoms with E-state index >= 15 is 0 Å². The van der Waals surface area contributed by atoms with Crippen molar-refractivity contribution in [2.45, 2.75) is 37.1 Å². The zero-order chi connectivity index (χ0) is 22.3. The molecule has 10 heteroatoms. The minimum Gasteiger partial charge on any atom is -0.311 e. The highest BCUT2D eigenvalue weighted by molar-refractivity contribution is 7.93. The van der Waals surface area contributed by atoms with Crippen LogP contribution in [0.5, 0.6) is 0 Å². The van der Waals surface area contributed by atoms with Gasteiger partial charge in [0.1, 0.15) is 5.82 Å². The van der Waals surface area contributed by atoms with Crippen LogP contribution in [0.2, 0.25) is 10.0 Å². The number of aryl methyl sites for hydroxylation is 1. The van der Waals surface area contributed by atoms with Crippen LogP contribution in [-0.4, -0.2) is 28.2 Å². The molecule has 3 heterocycles. The van der Waals surface area contributed by atoms with E-state index in [1.807, 2.05) is 0 Å². The minimum atomic E-state index is -3.91. The second-order valence-electron chi connectivity index (χ2n) is 7.65. The van der Waals surface area contributed by atoms with Gasteiger partial charge in [-0.1, -0.05) is 29.6 Å². The molecule has 0 saturated carbocycles. The first kappa shape index (κ1) is 21.2. The number of hydrogen-bond acceptors (Lipinski definition) is 5. The van der Waals surface area contributed by atoms with Crippen molar-refractivity contribution >= 4 is 49.8 Å². The fourth-order valence-electron chi connectivity index (χ4n) is 4.00. The summed E-state index contributed by atoms with van der Waals surface area (Å²) in [5.41, 5.74) is 1.44. The van der Waals surface area contributed by atoms with Gasteiger partial charge < -0.3 is 4.57 Å². The summed E-state index contributed by atoms with van der Waals surface area (Å²) in [5.74, 6) is 1.58. The number of anilines is 1. The number of halogens is 2. The molecule has 0 amide bonds. The largest absolute Gasteiger partial charge is 0.311 e. The van der Waals surface area contributed by atoms with Crippen molar-refractivity contribution in [3.63, 3.8) is 0 Å². The number of sulfonamides is 1. The summed E-state index contributed by atoms with van der Waals surface area (Å²) < 4.78 is 31.2. The molecule has 1 aliphatic heterocycles. The van der Waals surface area contributed by atoms with Gasteiger partial charge in [0.25, 0.3) is 10.0 Å². The molecule has 5 rings (SSSR count). The first-order valence-electron chi connectivity index (χ1n) is 10.2. The number of pyridine rings is 1. The van der Waals surface area contributed by atoms with E-state index in [-0.39, 0.29) is 4.90 Å². The Morgan fingerprint density at radius 1 is 0.969 bits per heavy atom. The molecule has 0 unspecified atom stereocenters. The number of hydrogen-bond donors (Lipinski definition) is 1. The molecule has 1 aliphatic rings. The van der Waals surface area contributed by atoms with Crippen LogP contribution >= 0.6 is 23.2 Å². The van der Waals surface area contributed by atoms with E-state index < -0.39 is 10.0 Å². The Labute approximate surface area is 195 Å². The van der Waals surface area contributed by atoms with Gasteiger partial charge in [0.15, 0.2) is 5.82 Å². The van der Waals surface area contributed by atoms with E-state index in [9.17, 15) is 8.42 Å². The Kier molecular flexibility index (Phi) is 5.53. The molecule has 1 N–H and O–H groups in total. The molecule has 0 radical (unpaired) electrons. The summed E-state index contributed by atoms with van der Waals surface area (Å²) in [5, 5.41) is 9.99. The van der Waals surface area contributed by atoms with Crippen LogP contribution in [0.4, 0.5) is 5.69 Å². The van der Waals surface area contributed by atoms with Crippen LogP contribution in [0, 0.1) is 0 Å². The lowest BCUT2D eigenvalue weighted by atomic mass is 10.2. The molecule has 0 atom stereocenters. The van der Waals surface area contributed by atoms with Gasteiger partial charge in [-0.05, 0) is 55.3 Å². The molecule has 2 aromatic heterocycles. The summed E-state index contributed by atoms with van der Waals surface area (Å²) in [6, 6.07) is 11.3. The van der Waals surface area contributed by atoms with E-state index in [0.717, 1.165) is 38.1 Å². The summed E-state index contributed by atoms with van der Waals surface area (Å²) >= 11 is 12.7. The summed E-state index contributed by atoms with van der Waals surface area (Å²) in [6.07, 6.45) is 5.70. The van der Waals surface area contributed by atoms with Gasteiger partial charge in [0.2, 0.25) is 0 Å². The lowest BCUT2D eigenvalue weighted by molar-refractivity contribution is 0.602. The maximum Gasteiger partial charge on any atom is 0.262 e. The smallest absolute Gasteiger partial charge is 0.262 e. The van der Waals surface area contributed by atoms with E-state index in [2.05, 4.69) is 24.5 Å². The van der Waals surface area contributed by atoms with Crippen LogP contribution in [-0.2, 0) is 23.0 Å². The maximum atomic E-state index is 13.2. The Morgan fingerprint density at radius 2 is 1.81 bits per heavy atom. The zero-order valence-electron chi connectivity index (χ0n) is 16.9. The average Bonchev–Trinajstić information content (AvgIpc) is 3.02. The monoisotopic (exact) mass is 487 g/mol. The van der Waals surface area contributed by atoms with Crippen LogP contribution in [0.15, 0.2) is 53.6 Å². The van der Waals surface area contributed by atoms with E-state index in [1.165, 1.54) is 12.1 Å². The minimum absolute atomic E-state index is 0.0952. The zero-order valence-corrected chi connectivity index (χ0v) is 19.3. The number of nitrogens with one attached hydrogen (secondary N) is 1. The summed E-state index contributed by atoms with van der Waals surface area (Å²) in [7, 11) is -3.91. The lowest BCUT2D eigenvalue weighted by Crippen LogP contribution is -2.14. The Balaban J connectivity index is 1.54. The summed E-state index contributed by atoms with van der Waals surface area (Å²) in [4.78, 5) is 4.31. The second-order valence-corrected chi connectivity index (χ2v) is 10.1. The Morgan fingerprint density at radius 3 is 2.69 bits per heavy atom. The topological polar surface area (TPSA) is 89.8 Å². The SMILES string of the molecule is O=S(=O)(Nc1ccc(Cl)c(-c2nnc3n2CCCCC3)c1)c1ccc(Cl)c2ncccc12.